The number of esters is 1. The first-order chi connectivity index (χ1) is 9.13. The molecule has 1 aromatic carbocycles. The van der Waals surface area contributed by atoms with Crippen molar-refractivity contribution in [2.75, 3.05) is 7.11 Å². The quantitative estimate of drug-likeness (QED) is 0.456. The Balaban J connectivity index is 2.37. The normalized spacial score (nSPS) is 12.9. The Morgan fingerprint density at radius 3 is 2.47 bits per heavy atom. The number of aryl methyl sites for hydroxylation is 1. The third-order valence-electron chi connectivity index (χ3n) is 2.43. The first-order valence-electron chi connectivity index (χ1n) is 6.02. The molecule has 3 nitrogen and oxygen atoms in total. The molecule has 4 heteroatoms. The Hall–Kier alpha value is -1.68. The van der Waals surface area contributed by atoms with Gasteiger partial charge in [0.25, 0.3) is 0 Å². The first kappa shape index (κ1) is 15.4. The lowest BCUT2D eigenvalue weighted by molar-refractivity contribution is -0.134. The van der Waals surface area contributed by atoms with E-state index in [-0.39, 0.29) is 5.97 Å². The standard InChI is InChI=1S/C15H18O3S/c1-13-8-10-14(11-9-13)19(17)12-6-4-3-5-7-15(16)18-2/h5-12H,3-4H2,1-2H3/b7-5+,12-6+. The Kier molecular flexibility index (Phi) is 6.82. The van der Waals surface area contributed by atoms with Crippen LogP contribution in [0.5, 0.6) is 0 Å². The Morgan fingerprint density at radius 1 is 1.21 bits per heavy atom. The van der Waals surface area contributed by atoms with Crippen LogP contribution in [0.2, 0.25) is 0 Å². The van der Waals surface area contributed by atoms with Crippen LogP contribution in [0, 0.1) is 6.92 Å². The molecule has 0 bridgehead atoms. The summed E-state index contributed by atoms with van der Waals surface area (Å²) in [7, 11) is 0.241. The lowest BCUT2D eigenvalue weighted by Gasteiger charge is -1.97. The van der Waals surface area contributed by atoms with Gasteiger partial charge in [-0.3, -0.25) is 0 Å². The van der Waals surface area contributed by atoms with Crippen LogP contribution in [0.25, 0.3) is 0 Å². The van der Waals surface area contributed by atoms with Crippen molar-refractivity contribution in [2.24, 2.45) is 0 Å². The molecule has 1 unspecified atom stereocenters. The maximum Gasteiger partial charge on any atom is 0.330 e. The lowest BCUT2D eigenvalue weighted by atomic mass is 10.2. The maximum atomic E-state index is 11.9. The van der Waals surface area contributed by atoms with Gasteiger partial charge in [-0.2, -0.15) is 0 Å². The van der Waals surface area contributed by atoms with Crippen molar-refractivity contribution < 1.29 is 13.7 Å². The minimum Gasteiger partial charge on any atom is -0.466 e. The molecule has 0 amide bonds. The fourth-order valence-corrected chi connectivity index (χ4v) is 2.22. The largest absolute Gasteiger partial charge is 0.466 e. The van der Waals surface area contributed by atoms with Crippen molar-refractivity contribution in [2.45, 2.75) is 24.7 Å². The summed E-state index contributed by atoms with van der Waals surface area (Å²) in [5.74, 6) is -0.354. The third kappa shape index (κ3) is 6.15. The minimum atomic E-state index is -1.10. The summed E-state index contributed by atoms with van der Waals surface area (Å²) in [5, 5.41) is 1.68. The van der Waals surface area contributed by atoms with Gasteiger partial charge in [-0.15, -0.1) is 0 Å². The van der Waals surface area contributed by atoms with Crippen molar-refractivity contribution in [3.8, 4) is 0 Å². The summed E-state index contributed by atoms with van der Waals surface area (Å²) in [6.07, 6.45) is 6.45. The molecule has 0 aliphatic heterocycles. The molecule has 0 saturated heterocycles. The molecule has 0 fully saturated rings. The molecule has 0 aliphatic carbocycles. The van der Waals surface area contributed by atoms with Gasteiger partial charge in [-0.05, 0) is 31.9 Å². The van der Waals surface area contributed by atoms with Gasteiger partial charge >= 0.3 is 5.97 Å². The van der Waals surface area contributed by atoms with Crippen molar-refractivity contribution in [1.82, 2.24) is 0 Å². The van der Waals surface area contributed by atoms with Crippen LogP contribution < -0.4 is 0 Å². The molecule has 0 aromatic heterocycles. The number of allylic oxidation sites excluding steroid dienone is 2. The third-order valence-corrected chi connectivity index (χ3v) is 3.60. The smallest absolute Gasteiger partial charge is 0.330 e. The van der Waals surface area contributed by atoms with Crippen LogP contribution in [0.15, 0.2) is 52.8 Å². The van der Waals surface area contributed by atoms with E-state index in [1.807, 2.05) is 37.3 Å². The number of unbranched alkanes of at least 4 members (excludes halogenated alkanes) is 1. The highest BCUT2D eigenvalue weighted by atomic mass is 32.2. The van der Waals surface area contributed by atoms with Crippen molar-refractivity contribution in [3.63, 3.8) is 0 Å². The van der Waals surface area contributed by atoms with Crippen molar-refractivity contribution in [1.29, 1.82) is 0 Å². The Labute approximate surface area is 116 Å². The molecule has 0 radical (unpaired) electrons. The van der Waals surface area contributed by atoms with Gasteiger partial charge in [-0.25, -0.2) is 9.00 Å². The van der Waals surface area contributed by atoms with E-state index in [9.17, 15) is 9.00 Å². The number of hydrogen-bond donors (Lipinski definition) is 0. The number of rotatable bonds is 6. The van der Waals surface area contributed by atoms with E-state index >= 15 is 0 Å². The zero-order chi connectivity index (χ0) is 14.1. The summed E-state index contributed by atoms with van der Waals surface area (Å²) in [5.41, 5.74) is 1.15. The molecular formula is C15H18O3S. The molecule has 19 heavy (non-hydrogen) atoms. The molecule has 102 valence electrons. The number of carbonyl (C=O) groups is 1. The molecule has 1 rings (SSSR count). The second-order valence-corrected chi connectivity index (χ2v) is 5.32. The molecule has 1 aromatic rings. The average Bonchev–Trinajstić information content (AvgIpc) is 2.42. The van der Waals surface area contributed by atoms with Crippen LogP contribution in [0.3, 0.4) is 0 Å². The van der Waals surface area contributed by atoms with Crippen LogP contribution in [0.4, 0.5) is 0 Å². The van der Waals surface area contributed by atoms with Crippen LogP contribution in [-0.4, -0.2) is 17.3 Å². The van der Waals surface area contributed by atoms with E-state index < -0.39 is 10.8 Å². The predicted octanol–water partition coefficient (Wildman–Crippen LogP) is 3.13. The van der Waals surface area contributed by atoms with Crippen LogP contribution in [0.1, 0.15) is 18.4 Å². The number of carbonyl (C=O) groups excluding carboxylic acids is 1. The van der Waals surface area contributed by atoms with Gasteiger partial charge in [-0.1, -0.05) is 29.8 Å². The molecule has 0 aliphatic rings. The van der Waals surface area contributed by atoms with E-state index in [1.165, 1.54) is 13.2 Å². The summed E-state index contributed by atoms with van der Waals surface area (Å²) in [6, 6.07) is 7.63. The molecule has 1 atom stereocenters. The van der Waals surface area contributed by atoms with Gasteiger partial charge in [0.1, 0.15) is 0 Å². The monoisotopic (exact) mass is 278 g/mol. The van der Waals surface area contributed by atoms with E-state index in [0.717, 1.165) is 23.3 Å². The predicted molar refractivity (Wildman–Crippen MR) is 77.1 cm³/mol. The van der Waals surface area contributed by atoms with Crippen LogP contribution in [-0.2, 0) is 20.3 Å². The molecule has 0 N–H and O–H groups in total. The highest BCUT2D eigenvalue weighted by Gasteiger charge is 1.97. The van der Waals surface area contributed by atoms with Crippen molar-refractivity contribution >= 4 is 16.8 Å². The SMILES string of the molecule is COC(=O)/C=C/CC/C=C/S(=O)c1ccc(C)cc1. The zero-order valence-electron chi connectivity index (χ0n) is 11.2. The molecular weight excluding hydrogens is 260 g/mol. The second-order valence-electron chi connectivity index (χ2n) is 3.99. The number of hydrogen-bond acceptors (Lipinski definition) is 3. The number of methoxy groups -OCH3 is 1. The second kappa shape index (κ2) is 8.43. The van der Waals surface area contributed by atoms with Gasteiger partial charge in [0.2, 0.25) is 0 Å². The number of benzene rings is 1. The fourth-order valence-electron chi connectivity index (χ4n) is 1.35. The maximum absolute atomic E-state index is 11.9. The Morgan fingerprint density at radius 2 is 1.84 bits per heavy atom. The van der Waals surface area contributed by atoms with Crippen molar-refractivity contribution in [3.05, 3.63) is 53.5 Å². The van der Waals surface area contributed by atoms with Crippen LogP contribution >= 0.6 is 0 Å². The van der Waals surface area contributed by atoms with E-state index in [0.29, 0.717) is 0 Å². The highest BCUT2D eigenvalue weighted by Crippen LogP contribution is 2.09. The van der Waals surface area contributed by atoms with Gasteiger partial charge in [0.15, 0.2) is 0 Å². The zero-order valence-corrected chi connectivity index (χ0v) is 12.0. The lowest BCUT2D eigenvalue weighted by Crippen LogP contribution is -1.93. The summed E-state index contributed by atoms with van der Waals surface area (Å²) >= 11 is 0. The van der Waals surface area contributed by atoms with Gasteiger partial charge in [0, 0.05) is 16.4 Å². The molecule has 0 heterocycles. The van der Waals surface area contributed by atoms with E-state index in [4.69, 9.17) is 0 Å². The van der Waals surface area contributed by atoms with E-state index in [1.54, 1.807) is 11.5 Å². The van der Waals surface area contributed by atoms with Gasteiger partial charge < -0.3 is 4.74 Å². The molecule has 0 spiro atoms. The summed E-state index contributed by atoms with van der Waals surface area (Å²) in [6.45, 7) is 2.00. The minimum absolute atomic E-state index is 0.354. The number of ether oxygens (including phenoxy) is 1. The highest BCUT2D eigenvalue weighted by molar-refractivity contribution is 7.88. The fraction of sp³-hybridized carbons (Fsp3) is 0.267. The first-order valence-corrected chi connectivity index (χ1v) is 7.23. The molecule has 0 saturated carbocycles. The topological polar surface area (TPSA) is 43.4 Å². The summed E-state index contributed by atoms with van der Waals surface area (Å²) < 4.78 is 16.3. The average molecular weight is 278 g/mol. The Bertz CT molecular complexity index is 487. The summed E-state index contributed by atoms with van der Waals surface area (Å²) in [4.78, 5) is 11.6. The van der Waals surface area contributed by atoms with Gasteiger partial charge in [0.05, 0.1) is 17.9 Å². The van der Waals surface area contributed by atoms with E-state index in [2.05, 4.69) is 4.74 Å².